The summed E-state index contributed by atoms with van der Waals surface area (Å²) in [6, 6.07) is 11.8. The number of hydrogen-bond acceptors (Lipinski definition) is 4. The second-order valence-corrected chi connectivity index (χ2v) is 7.05. The molecule has 0 bridgehead atoms. The van der Waals surface area contributed by atoms with Gasteiger partial charge in [-0.3, -0.25) is 9.79 Å². The number of ether oxygens (including phenoxy) is 2. The molecule has 0 aromatic heterocycles. The van der Waals surface area contributed by atoms with Crippen LogP contribution in [0.25, 0.3) is 0 Å². The van der Waals surface area contributed by atoms with Gasteiger partial charge in [0.2, 0.25) is 5.91 Å². The van der Waals surface area contributed by atoms with Crippen molar-refractivity contribution in [1.29, 1.82) is 0 Å². The van der Waals surface area contributed by atoms with E-state index >= 15 is 0 Å². The Balaban J connectivity index is 1.52. The third-order valence-electron chi connectivity index (χ3n) is 4.60. The number of guanidine groups is 1. The Morgan fingerprint density at radius 1 is 1.27 bits per heavy atom. The van der Waals surface area contributed by atoms with Gasteiger partial charge in [0.05, 0.1) is 19.8 Å². The lowest BCUT2D eigenvalue weighted by Crippen LogP contribution is -2.41. The number of carbonyl (C=O) groups is 1. The molecule has 0 aliphatic carbocycles. The third-order valence-corrected chi connectivity index (χ3v) is 4.60. The molecule has 8 heteroatoms. The summed E-state index contributed by atoms with van der Waals surface area (Å²) in [5.74, 6) is 0.583. The topological polar surface area (TPSA) is 84.0 Å². The van der Waals surface area contributed by atoms with Crippen molar-refractivity contribution in [3.8, 4) is 5.75 Å². The van der Waals surface area contributed by atoms with Gasteiger partial charge in [0.25, 0.3) is 0 Å². The monoisotopic (exact) mass is 414 g/mol. The van der Waals surface area contributed by atoms with E-state index in [9.17, 15) is 9.18 Å². The first-order valence-corrected chi connectivity index (χ1v) is 9.87. The van der Waals surface area contributed by atoms with E-state index < -0.39 is 5.82 Å². The summed E-state index contributed by atoms with van der Waals surface area (Å²) in [6.45, 7) is 3.82. The Bertz CT molecular complexity index is 898. The van der Waals surface area contributed by atoms with Crippen molar-refractivity contribution in [2.45, 2.75) is 26.0 Å². The molecule has 7 nitrogen and oxygen atoms in total. The highest BCUT2D eigenvalue weighted by Gasteiger charge is 2.19. The number of hydrogen-bond donors (Lipinski definition) is 3. The van der Waals surface area contributed by atoms with Crippen LogP contribution in [0.4, 0.5) is 10.1 Å². The second kappa shape index (κ2) is 10.6. The fourth-order valence-corrected chi connectivity index (χ4v) is 3.04. The Morgan fingerprint density at radius 2 is 2.13 bits per heavy atom. The lowest BCUT2D eigenvalue weighted by atomic mass is 10.1. The van der Waals surface area contributed by atoms with Gasteiger partial charge in [-0.25, -0.2) is 4.39 Å². The maximum atomic E-state index is 13.2. The van der Waals surface area contributed by atoms with Crippen LogP contribution in [-0.2, 0) is 16.1 Å². The zero-order valence-corrected chi connectivity index (χ0v) is 17.2. The smallest absolute Gasteiger partial charge is 0.243 e. The zero-order valence-electron chi connectivity index (χ0n) is 17.2. The molecule has 1 saturated heterocycles. The maximum Gasteiger partial charge on any atom is 0.243 e. The number of aliphatic imine (C=N–C) groups is 1. The number of halogens is 1. The van der Waals surface area contributed by atoms with Crippen molar-refractivity contribution in [3.05, 3.63) is 59.4 Å². The van der Waals surface area contributed by atoms with Crippen LogP contribution >= 0.6 is 0 Å². The number of nitrogens with one attached hydrogen (secondary N) is 3. The van der Waals surface area contributed by atoms with Crippen molar-refractivity contribution in [2.75, 3.05) is 32.1 Å². The second-order valence-electron chi connectivity index (χ2n) is 7.05. The molecule has 3 N–H and O–H groups in total. The average Bonchev–Trinajstić information content (AvgIpc) is 3.22. The van der Waals surface area contributed by atoms with E-state index in [0.29, 0.717) is 24.8 Å². The molecular formula is C22H27FN4O3. The largest absolute Gasteiger partial charge is 0.488 e. The summed E-state index contributed by atoms with van der Waals surface area (Å²) in [5.41, 5.74) is 2.51. The number of benzene rings is 2. The molecule has 2 aromatic rings. The molecule has 0 spiro atoms. The minimum absolute atomic E-state index is 0.00709. The minimum Gasteiger partial charge on any atom is -0.488 e. The molecule has 1 aliphatic heterocycles. The molecule has 1 amide bonds. The van der Waals surface area contributed by atoms with Gasteiger partial charge in [-0.05, 0) is 36.8 Å². The van der Waals surface area contributed by atoms with E-state index in [-0.39, 0.29) is 18.6 Å². The Hall–Kier alpha value is -3.13. The van der Waals surface area contributed by atoms with E-state index in [2.05, 4.69) is 20.9 Å². The number of carbonyl (C=O) groups excluding carboxylic acids is 1. The first-order valence-electron chi connectivity index (χ1n) is 9.87. The third kappa shape index (κ3) is 6.45. The van der Waals surface area contributed by atoms with Gasteiger partial charge in [-0.1, -0.05) is 18.2 Å². The van der Waals surface area contributed by atoms with Gasteiger partial charge in [0.1, 0.15) is 17.7 Å². The van der Waals surface area contributed by atoms with Crippen LogP contribution in [0, 0.1) is 12.7 Å². The summed E-state index contributed by atoms with van der Waals surface area (Å²) in [4.78, 5) is 16.2. The van der Waals surface area contributed by atoms with Crippen LogP contribution in [0.2, 0.25) is 0 Å². The average molecular weight is 414 g/mol. The molecule has 1 aliphatic rings. The summed E-state index contributed by atoms with van der Waals surface area (Å²) < 4.78 is 24.7. The van der Waals surface area contributed by atoms with Crippen LogP contribution in [0.3, 0.4) is 0 Å². The number of aryl methyl sites for hydroxylation is 1. The quantitative estimate of drug-likeness (QED) is 0.479. The van der Waals surface area contributed by atoms with E-state index in [1.165, 1.54) is 18.2 Å². The van der Waals surface area contributed by atoms with E-state index in [0.717, 1.165) is 29.9 Å². The normalized spacial score (nSPS) is 16.2. The highest BCUT2D eigenvalue weighted by molar-refractivity contribution is 5.94. The van der Waals surface area contributed by atoms with Gasteiger partial charge in [0, 0.05) is 31.3 Å². The summed E-state index contributed by atoms with van der Waals surface area (Å²) in [7, 11) is 1.63. The van der Waals surface area contributed by atoms with Gasteiger partial charge in [-0.15, -0.1) is 0 Å². The first kappa shape index (κ1) is 21.6. The zero-order chi connectivity index (χ0) is 21.3. The minimum atomic E-state index is -0.404. The Kier molecular flexibility index (Phi) is 7.62. The van der Waals surface area contributed by atoms with Gasteiger partial charge in [0.15, 0.2) is 5.96 Å². The van der Waals surface area contributed by atoms with E-state index in [1.54, 1.807) is 13.1 Å². The number of rotatable bonds is 7. The molecule has 0 radical (unpaired) electrons. The molecule has 1 unspecified atom stereocenters. The first-order chi connectivity index (χ1) is 14.5. The van der Waals surface area contributed by atoms with Gasteiger partial charge in [-0.2, -0.15) is 0 Å². The van der Waals surface area contributed by atoms with Crippen molar-refractivity contribution in [2.24, 2.45) is 4.99 Å². The van der Waals surface area contributed by atoms with Crippen LogP contribution in [0.5, 0.6) is 5.75 Å². The lowest BCUT2D eigenvalue weighted by Gasteiger charge is -2.18. The summed E-state index contributed by atoms with van der Waals surface area (Å²) in [6.07, 6.45) is 0.944. The number of amides is 1. The Labute approximate surface area is 175 Å². The molecule has 2 aromatic carbocycles. The predicted octanol–water partition coefficient (Wildman–Crippen LogP) is 2.61. The molecular weight excluding hydrogens is 387 g/mol. The molecule has 1 atom stereocenters. The number of nitrogens with zero attached hydrogens (tertiary/aromatic N) is 1. The molecule has 1 heterocycles. The van der Waals surface area contributed by atoms with Crippen molar-refractivity contribution >= 4 is 17.6 Å². The molecule has 1 fully saturated rings. The fourth-order valence-electron chi connectivity index (χ4n) is 3.04. The lowest BCUT2D eigenvalue weighted by molar-refractivity contribution is -0.115. The molecule has 30 heavy (non-hydrogen) atoms. The summed E-state index contributed by atoms with van der Waals surface area (Å²) in [5, 5.41) is 8.77. The van der Waals surface area contributed by atoms with Gasteiger partial charge < -0.3 is 25.4 Å². The van der Waals surface area contributed by atoms with Crippen LogP contribution in [-0.4, -0.2) is 44.8 Å². The van der Waals surface area contributed by atoms with E-state index in [4.69, 9.17) is 9.47 Å². The number of anilines is 1. The van der Waals surface area contributed by atoms with Crippen LogP contribution < -0.4 is 20.7 Å². The highest BCUT2D eigenvalue weighted by Crippen LogP contribution is 2.23. The van der Waals surface area contributed by atoms with Gasteiger partial charge >= 0.3 is 0 Å². The van der Waals surface area contributed by atoms with Crippen LogP contribution in [0.1, 0.15) is 17.5 Å². The molecule has 160 valence electrons. The Morgan fingerprint density at radius 3 is 2.87 bits per heavy atom. The summed E-state index contributed by atoms with van der Waals surface area (Å²) >= 11 is 0. The fraction of sp³-hybridized carbons (Fsp3) is 0.364. The van der Waals surface area contributed by atoms with Crippen molar-refractivity contribution in [3.63, 3.8) is 0 Å². The van der Waals surface area contributed by atoms with Crippen molar-refractivity contribution in [1.82, 2.24) is 10.6 Å². The molecule has 3 rings (SSSR count). The van der Waals surface area contributed by atoms with E-state index in [1.807, 2.05) is 25.1 Å². The molecule has 0 saturated carbocycles. The van der Waals surface area contributed by atoms with Crippen molar-refractivity contribution < 1.29 is 18.7 Å². The highest BCUT2D eigenvalue weighted by atomic mass is 19.1. The SMILES string of the molecule is CN=C(NCC(=O)Nc1cccc(F)c1)NCc1ccc(C)cc1OC1CCOC1. The maximum absolute atomic E-state index is 13.2. The predicted molar refractivity (Wildman–Crippen MR) is 114 cm³/mol. The standard InChI is InChI=1S/C22H27FN4O3/c1-15-6-7-16(20(10-15)30-19-8-9-29-14-19)12-25-22(24-2)26-13-21(28)27-18-5-3-4-17(23)11-18/h3-7,10-11,19H,8-9,12-14H2,1-2H3,(H,27,28)(H2,24,25,26). The van der Waals surface area contributed by atoms with Crippen LogP contribution in [0.15, 0.2) is 47.5 Å².